The average molecular weight is 303 g/mol. The number of alkyl halides is 1. The molecule has 3 heterocycles. The van der Waals surface area contributed by atoms with Gasteiger partial charge in [-0.1, -0.05) is 0 Å². The summed E-state index contributed by atoms with van der Waals surface area (Å²) in [5.74, 6) is 2.07. The molecule has 0 N–H and O–H groups in total. The van der Waals surface area contributed by atoms with Gasteiger partial charge in [-0.15, -0.1) is 11.6 Å². The van der Waals surface area contributed by atoms with E-state index < -0.39 is 0 Å². The fourth-order valence-corrected chi connectivity index (χ4v) is 2.46. The van der Waals surface area contributed by atoms with Crippen molar-refractivity contribution in [3.8, 4) is 5.88 Å². The number of aromatic nitrogens is 4. The molecular weight excluding hydrogens is 288 g/mol. The molecule has 0 bridgehead atoms. The van der Waals surface area contributed by atoms with Crippen LogP contribution in [0.4, 0.5) is 0 Å². The van der Waals surface area contributed by atoms with Crippen LogP contribution in [-0.4, -0.2) is 32.5 Å². The number of halogens is 1. The third-order valence-electron chi connectivity index (χ3n) is 3.25. The van der Waals surface area contributed by atoms with Gasteiger partial charge in [-0.2, -0.15) is 0 Å². The number of ether oxygens (including phenoxy) is 1. The summed E-state index contributed by atoms with van der Waals surface area (Å²) in [5, 5.41) is 0. The van der Waals surface area contributed by atoms with E-state index in [1.807, 2.05) is 24.3 Å². The van der Waals surface area contributed by atoms with Crippen LogP contribution in [0, 0.1) is 0 Å². The van der Waals surface area contributed by atoms with Crippen LogP contribution >= 0.6 is 11.6 Å². The summed E-state index contributed by atoms with van der Waals surface area (Å²) in [6.07, 6.45) is 4.22. The van der Waals surface area contributed by atoms with Crippen molar-refractivity contribution in [2.45, 2.75) is 13.0 Å². The van der Waals surface area contributed by atoms with Crippen molar-refractivity contribution in [1.29, 1.82) is 0 Å². The highest BCUT2D eigenvalue weighted by molar-refractivity contribution is 6.17. The first kappa shape index (κ1) is 13.8. The lowest BCUT2D eigenvalue weighted by atomic mass is 10.2. The van der Waals surface area contributed by atoms with Gasteiger partial charge in [-0.25, -0.2) is 15.0 Å². The third kappa shape index (κ3) is 2.83. The highest BCUT2D eigenvalue weighted by Crippen LogP contribution is 2.18. The van der Waals surface area contributed by atoms with Gasteiger partial charge in [0, 0.05) is 30.8 Å². The number of imidazole rings is 1. The fraction of sp³-hybridized carbons (Fsp3) is 0.267. The molecule has 3 rings (SSSR count). The second-order valence-corrected chi connectivity index (χ2v) is 4.98. The maximum absolute atomic E-state index is 5.88. The SMILES string of the molecule is COc1cc(Cn2c(CCCl)nc3cccnc32)ccn1. The summed E-state index contributed by atoms with van der Waals surface area (Å²) in [5.41, 5.74) is 2.84. The minimum absolute atomic E-state index is 0.531. The first-order valence-corrected chi connectivity index (χ1v) is 7.20. The highest BCUT2D eigenvalue weighted by Gasteiger charge is 2.11. The van der Waals surface area contributed by atoms with Gasteiger partial charge in [0.15, 0.2) is 5.65 Å². The van der Waals surface area contributed by atoms with Crippen LogP contribution in [0.25, 0.3) is 11.2 Å². The Bertz CT molecular complexity index is 756. The van der Waals surface area contributed by atoms with E-state index in [0.717, 1.165) is 22.6 Å². The number of methoxy groups -OCH3 is 1. The quantitative estimate of drug-likeness (QED) is 0.680. The van der Waals surface area contributed by atoms with Crippen LogP contribution in [0.15, 0.2) is 36.7 Å². The zero-order chi connectivity index (χ0) is 14.7. The van der Waals surface area contributed by atoms with Gasteiger partial charge in [0.1, 0.15) is 11.3 Å². The topological polar surface area (TPSA) is 52.8 Å². The van der Waals surface area contributed by atoms with E-state index in [2.05, 4.69) is 19.5 Å². The van der Waals surface area contributed by atoms with Crippen LogP contribution < -0.4 is 4.74 Å². The molecule has 0 unspecified atom stereocenters. The molecule has 0 aliphatic rings. The molecule has 3 aromatic rings. The first-order valence-electron chi connectivity index (χ1n) is 6.67. The van der Waals surface area contributed by atoms with Crippen molar-refractivity contribution < 1.29 is 4.74 Å². The van der Waals surface area contributed by atoms with E-state index in [1.165, 1.54) is 0 Å². The zero-order valence-electron chi connectivity index (χ0n) is 11.7. The number of fused-ring (bicyclic) bond motifs is 1. The number of rotatable bonds is 5. The summed E-state index contributed by atoms with van der Waals surface area (Å²) in [6, 6.07) is 7.73. The van der Waals surface area contributed by atoms with E-state index in [-0.39, 0.29) is 0 Å². The van der Waals surface area contributed by atoms with E-state index in [0.29, 0.717) is 24.7 Å². The van der Waals surface area contributed by atoms with Crippen LogP contribution in [0.3, 0.4) is 0 Å². The largest absolute Gasteiger partial charge is 0.481 e. The van der Waals surface area contributed by atoms with Crippen LogP contribution in [0.2, 0.25) is 0 Å². The summed E-state index contributed by atoms with van der Waals surface area (Å²) in [6.45, 7) is 0.665. The number of nitrogens with zero attached hydrogens (tertiary/aromatic N) is 4. The minimum Gasteiger partial charge on any atom is -0.481 e. The molecular formula is C15H15ClN4O. The molecule has 0 saturated heterocycles. The number of hydrogen-bond donors (Lipinski definition) is 0. The number of pyridine rings is 2. The Morgan fingerprint density at radius 1 is 1.24 bits per heavy atom. The van der Waals surface area contributed by atoms with Crippen molar-refractivity contribution in [2.75, 3.05) is 13.0 Å². The molecule has 5 nitrogen and oxygen atoms in total. The molecule has 0 spiro atoms. The second-order valence-electron chi connectivity index (χ2n) is 4.61. The molecule has 0 fully saturated rings. The maximum Gasteiger partial charge on any atom is 0.213 e. The second kappa shape index (κ2) is 6.10. The molecule has 108 valence electrons. The van der Waals surface area contributed by atoms with Gasteiger partial charge in [0.25, 0.3) is 0 Å². The lowest BCUT2D eigenvalue weighted by Crippen LogP contribution is -2.07. The fourth-order valence-electron chi connectivity index (χ4n) is 2.29. The highest BCUT2D eigenvalue weighted by atomic mass is 35.5. The van der Waals surface area contributed by atoms with Gasteiger partial charge in [-0.05, 0) is 23.8 Å². The standard InChI is InChI=1S/C15H15ClN4O/c1-21-14-9-11(5-8-17-14)10-20-13(4-6-16)19-12-3-2-7-18-15(12)20/h2-3,5,7-9H,4,6,10H2,1H3. The Labute approximate surface area is 127 Å². The smallest absolute Gasteiger partial charge is 0.213 e. The maximum atomic E-state index is 5.88. The van der Waals surface area contributed by atoms with Crippen molar-refractivity contribution in [3.63, 3.8) is 0 Å². The van der Waals surface area contributed by atoms with Crippen LogP contribution in [0.5, 0.6) is 5.88 Å². The number of aryl methyl sites for hydroxylation is 1. The Morgan fingerprint density at radius 3 is 2.95 bits per heavy atom. The van der Waals surface area contributed by atoms with Crippen molar-refractivity contribution >= 4 is 22.8 Å². The lowest BCUT2D eigenvalue weighted by molar-refractivity contribution is 0.397. The van der Waals surface area contributed by atoms with E-state index in [9.17, 15) is 0 Å². The van der Waals surface area contributed by atoms with Crippen LogP contribution in [0.1, 0.15) is 11.4 Å². The first-order chi connectivity index (χ1) is 10.3. The van der Waals surface area contributed by atoms with E-state index >= 15 is 0 Å². The molecule has 0 aliphatic carbocycles. The van der Waals surface area contributed by atoms with Crippen molar-refractivity contribution in [2.24, 2.45) is 0 Å². The summed E-state index contributed by atoms with van der Waals surface area (Å²) >= 11 is 5.88. The van der Waals surface area contributed by atoms with E-state index in [4.69, 9.17) is 16.3 Å². The summed E-state index contributed by atoms with van der Waals surface area (Å²) in [4.78, 5) is 13.2. The molecule has 0 aliphatic heterocycles. The molecule has 0 atom stereocenters. The average Bonchev–Trinajstić information content (AvgIpc) is 2.86. The van der Waals surface area contributed by atoms with Crippen molar-refractivity contribution in [1.82, 2.24) is 19.5 Å². The molecule has 21 heavy (non-hydrogen) atoms. The van der Waals surface area contributed by atoms with Gasteiger partial charge < -0.3 is 9.30 Å². The van der Waals surface area contributed by atoms with E-state index in [1.54, 1.807) is 19.5 Å². The van der Waals surface area contributed by atoms with Gasteiger partial charge in [-0.3, -0.25) is 0 Å². The molecule has 0 saturated carbocycles. The normalized spacial score (nSPS) is 11.0. The summed E-state index contributed by atoms with van der Waals surface area (Å²) < 4.78 is 7.26. The molecule has 6 heteroatoms. The zero-order valence-corrected chi connectivity index (χ0v) is 12.4. The van der Waals surface area contributed by atoms with Gasteiger partial charge in [0.2, 0.25) is 5.88 Å². The molecule has 0 radical (unpaired) electrons. The monoisotopic (exact) mass is 302 g/mol. The number of hydrogen-bond acceptors (Lipinski definition) is 4. The Balaban J connectivity index is 2.03. The molecule has 3 aromatic heterocycles. The van der Waals surface area contributed by atoms with Crippen LogP contribution in [-0.2, 0) is 13.0 Å². The van der Waals surface area contributed by atoms with Crippen molar-refractivity contribution in [3.05, 3.63) is 48.0 Å². The Kier molecular flexibility index (Phi) is 4.01. The molecule has 0 amide bonds. The molecule has 0 aromatic carbocycles. The third-order valence-corrected chi connectivity index (χ3v) is 3.44. The predicted molar refractivity (Wildman–Crippen MR) is 81.8 cm³/mol. The Morgan fingerprint density at radius 2 is 2.14 bits per heavy atom. The van der Waals surface area contributed by atoms with Gasteiger partial charge in [0.05, 0.1) is 13.7 Å². The predicted octanol–water partition coefficient (Wildman–Crippen LogP) is 2.66. The lowest BCUT2D eigenvalue weighted by Gasteiger charge is -2.08. The summed E-state index contributed by atoms with van der Waals surface area (Å²) in [7, 11) is 1.61. The minimum atomic E-state index is 0.531. The van der Waals surface area contributed by atoms with Gasteiger partial charge >= 0.3 is 0 Å². The Hall–Kier alpha value is -2.14.